The van der Waals surface area contributed by atoms with Gasteiger partial charge in [0.2, 0.25) is 5.13 Å². The van der Waals surface area contributed by atoms with E-state index >= 15 is 0 Å². The summed E-state index contributed by atoms with van der Waals surface area (Å²) in [6, 6.07) is 0. The van der Waals surface area contributed by atoms with Gasteiger partial charge in [-0.25, -0.2) is 4.98 Å². The maximum Gasteiger partial charge on any atom is 0.260 e. The summed E-state index contributed by atoms with van der Waals surface area (Å²) < 4.78 is 4.26. The van der Waals surface area contributed by atoms with E-state index in [9.17, 15) is 9.90 Å². The number of anilines is 1. The zero-order valence-corrected chi connectivity index (χ0v) is 14.3. The standard InChI is InChI=1S/C15H20ClN3O2S/c1-8(2)12-17-15(22-18-12)19-13(20)10(11(16)14(19)21)9-6-4-3-5-7-9/h8-9,14,21H,3-7H2,1-2H3. The molecule has 1 unspecified atom stereocenters. The van der Waals surface area contributed by atoms with Crippen molar-refractivity contribution >= 4 is 34.2 Å². The van der Waals surface area contributed by atoms with Crippen LogP contribution in [0.2, 0.25) is 0 Å². The summed E-state index contributed by atoms with van der Waals surface area (Å²) in [4.78, 5) is 18.4. The highest BCUT2D eigenvalue weighted by atomic mass is 35.5. The Balaban J connectivity index is 1.87. The normalized spacial score (nSPS) is 24.0. The Morgan fingerprint density at radius 1 is 1.32 bits per heavy atom. The molecule has 1 aliphatic heterocycles. The molecule has 0 radical (unpaired) electrons. The number of aromatic nitrogens is 2. The molecule has 2 aliphatic rings. The molecule has 1 aromatic heterocycles. The van der Waals surface area contributed by atoms with Gasteiger partial charge in [0.1, 0.15) is 5.82 Å². The van der Waals surface area contributed by atoms with Gasteiger partial charge in [-0.05, 0) is 18.8 Å². The van der Waals surface area contributed by atoms with Crippen molar-refractivity contribution in [1.82, 2.24) is 9.36 Å². The lowest BCUT2D eigenvalue weighted by Crippen LogP contribution is -2.35. The number of rotatable bonds is 3. The third-order valence-corrected chi connectivity index (χ3v) is 5.47. The van der Waals surface area contributed by atoms with Crippen molar-refractivity contribution in [2.45, 2.75) is 58.1 Å². The van der Waals surface area contributed by atoms with Gasteiger partial charge in [-0.1, -0.05) is 44.7 Å². The summed E-state index contributed by atoms with van der Waals surface area (Å²) in [6.07, 6.45) is 4.22. The lowest BCUT2D eigenvalue weighted by Gasteiger charge is -2.22. The summed E-state index contributed by atoms with van der Waals surface area (Å²) in [5.41, 5.74) is 0.579. The van der Waals surface area contributed by atoms with Gasteiger partial charge in [0.25, 0.3) is 5.91 Å². The average Bonchev–Trinajstić information content (AvgIpc) is 3.05. The van der Waals surface area contributed by atoms with Crippen LogP contribution in [0.4, 0.5) is 5.13 Å². The first-order valence-electron chi connectivity index (χ1n) is 7.75. The Labute approximate surface area is 139 Å². The SMILES string of the molecule is CC(C)c1nsc(N2C(=O)C(C3CCCCC3)=C(Cl)C2O)n1. The first-order chi connectivity index (χ1) is 10.5. The van der Waals surface area contributed by atoms with Crippen molar-refractivity contribution in [3.63, 3.8) is 0 Å². The Kier molecular flexibility index (Phi) is 4.52. The third-order valence-electron chi connectivity index (χ3n) is 4.34. The van der Waals surface area contributed by atoms with Gasteiger partial charge in [0.05, 0.1) is 5.03 Å². The van der Waals surface area contributed by atoms with Crippen LogP contribution in [0.5, 0.6) is 0 Å². The summed E-state index contributed by atoms with van der Waals surface area (Å²) in [5, 5.41) is 11.1. The van der Waals surface area contributed by atoms with Gasteiger partial charge < -0.3 is 5.11 Å². The van der Waals surface area contributed by atoms with E-state index in [4.69, 9.17) is 11.6 Å². The van der Waals surface area contributed by atoms with E-state index in [-0.39, 0.29) is 22.8 Å². The molecule has 120 valence electrons. The van der Waals surface area contributed by atoms with Crippen LogP contribution in [-0.2, 0) is 4.79 Å². The molecule has 1 saturated carbocycles. The van der Waals surface area contributed by atoms with Gasteiger partial charge in [0, 0.05) is 23.0 Å². The number of aliphatic hydroxyl groups excluding tert-OH is 1. The monoisotopic (exact) mass is 341 g/mol. The van der Waals surface area contributed by atoms with Gasteiger partial charge in [-0.15, -0.1) is 0 Å². The second kappa shape index (κ2) is 6.26. The highest BCUT2D eigenvalue weighted by Crippen LogP contribution is 2.41. The first kappa shape index (κ1) is 15.9. The van der Waals surface area contributed by atoms with E-state index in [0.29, 0.717) is 16.5 Å². The molecule has 2 heterocycles. The molecule has 0 aromatic carbocycles. The van der Waals surface area contributed by atoms with Crippen LogP contribution < -0.4 is 4.90 Å². The van der Waals surface area contributed by atoms with Crippen molar-refractivity contribution in [3.8, 4) is 0 Å². The summed E-state index contributed by atoms with van der Waals surface area (Å²) in [7, 11) is 0. The Morgan fingerprint density at radius 3 is 2.59 bits per heavy atom. The van der Waals surface area contributed by atoms with Crippen molar-refractivity contribution < 1.29 is 9.90 Å². The summed E-state index contributed by atoms with van der Waals surface area (Å²) in [5.74, 6) is 0.810. The molecule has 0 saturated heterocycles. The maximum absolute atomic E-state index is 12.8. The fourth-order valence-electron chi connectivity index (χ4n) is 3.11. The van der Waals surface area contributed by atoms with Crippen molar-refractivity contribution in [1.29, 1.82) is 0 Å². The van der Waals surface area contributed by atoms with E-state index < -0.39 is 6.23 Å². The van der Waals surface area contributed by atoms with Crippen molar-refractivity contribution in [2.24, 2.45) is 5.92 Å². The number of nitrogens with zero attached hydrogens (tertiary/aromatic N) is 3. The largest absolute Gasteiger partial charge is 0.368 e. The van der Waals surface area contributed by atoms with Crippen LogP contribution in [0.1, 0.15) is 57.7 Å². The molecule has 3 rings (SSSR count). The lowest BCUT2D eigenvalue weighted by atomic mass is 9.83. The minimum atomic E-state index is -1.13. The van der Waals surface area contributed by atoms with Crippen LogP contribution >= 0.6 is 23.1 Å². The highest BCUT2D eigenvalue weighted by Gasteiger charge is 2.43. The van der Waals surface area contributed by atoms with Gasteiger partial charge >= 0.3 is 0 Å². The second-order valence-electron chi connectivity index (χ2n) is 6.24. The molecule has 7 heteroatoms. The zero-order valence-electron chi connectivity index (χ0n) is 12.8. The topological polar surface area (TPSA) is 66.3 Å². The summed E-state index contributed by atoms with van der Waals surface area (Å²) in [6.45, 7) is 3.99. The Bertz CT molecular complexity index is 608. The molecule has 5 nitrogen and oxygen atoms in total. The van der Waals surface area contributed by atoms with Gasteiger partial charge in [-0.3, -0.25) is 9.69 Å². The van der Waals surface area contributed by atoms with E-state index in [1.807, 2.05) is 13.8 Å². The van der Waals surface area contributed by atoms with Gasteiger partial charge in [-0.2, -0.15) is 4.37 Å². The molecule has 1 atom stereocenters. The van der Waals surface area contributed by atoms with Crippen LogP contribution in [0.15, 0.2) is 10.6 Å². The minimum absolute atomic E-state index is 0.158. The number of hydrogen-bond acceptors (Lipinski definition) is 5. The minimum Gasteiger partial charge on any atom is -0.368 e. The molecule has 1 fully saturated rings. The number of carbonyl (C=O) groups is 1. The van der Waals surface area contributed by atoms with Gasteiger partial charge in [0.15, 0.2) is 6.23 Å². The van der Waals surface area contributed by atoms with Crippen molar-refractivity contribution in [2.75, 3.05) is 4.90 Å². The number of carbonyl (C=O) groups excluding carboxylic acids is 1. The molecule has 1 aromatic rings. The predicted molar refractivity (Wildman–Crippen MR) is 86.9 cm³/mol. The van der Waals surface area contributed by atoms with Crippen LogP contribution in [0, 0.1) is 5.92 Å². The van der Waals surface area contributed by atoms with Crippen LogP contribution in [-0.4, -0.2) is 26.6 Å². The fourth-order valence-corrected chi connectivity index (χ4v) is 4.27. The Morgan fingerprint density at radius 2 is 2.00 bits per heavy atom. The molecule has 1 N–H and O–H groups in total. The molecule has 0 spiro atoms. The smallest absolute Gasteiger partial charge is 0.260 e. The number of aliphatic hydroxyl groups is 1. The molecule has 22 heavy (non-hydrogen) atoms. The Hall–Kier alpha value is -0.980. The highest BCUT2D eigenvalue weighted by molar-refractivity contribution is 7.10. The fraction of sp³-hybridized carbons (Fsp3) is 0.667. The van der Waals surface area contributed by atoms with E-state index in [2.05, 4.69) is 9.36 Å². The van der Waals surface area contributed by atoms with E-state index in [0.717, 1.165) is 37.2 Å². The zero-order chi connectivity index (χ0) is 15.9. The summed E-state index contributed by atoms with van der Waals surface area (Å²) >= 11 is 7.43. The van der Waals surface area contributed by atoms with Crippen LogP contribution in [0.25, 0.3) is 0 Å². The molecule has 0 bridgehead atoms. The van der Waals surface area contributed by atoms with Crippen molar-refractivity contribution in [3.05, 3.63) is 16.4 Å². The molecule has 1 amide bonds. The maximum atomic E-state index is 12.8. The second-order valence-corrected chi connectivity index (χ2v) is 7.37. The first-order valence-corrected chi connectivity index (χ1v) is 8.90. The van der Waals surface area contributed by atoms with E-state index in [1.54, 1.807) is 0 Å². The molecular formula is C15H20ClN3O2S. The average molecular weight is 342 g/mol. The van der Waals surface area contributed by atoms with E-state index in [1.165, 1.54) is 11.3 Å². The molecule has 1 aliphatic carbocycles. The number of amides is 1. The molecular weight excluding hydrogens is 322 g/mol. The van der Waals surface area contributed by atoms with Crippen LogP contribution in [0.3, 0.4) is 0 Å². The number of halogens is 1. The quantitative estimate of drug-likeness (QED) is 0.915. The lowest BCUT2D eigenvalue weighted by molar-refractivity contribution is -0.116. The predicted octanol–water partition coefficient (Wildman–Crippen LogP) is 3.40. The number of hydrogen-bond donors (Lipinski definition) is 1. The third kappa shape index (κ3) is 2.68.